The molecule has 5 aliphatic rings. The number of methoxy groups -OCH3 is 1. The molecule has 0 bridgehead atoms. The van der Waals surface area contributed by atoms with E-state index < -0.39 is 5.60 Å². The third-order valence-corrected chi connectivity index (χ3v) is 16.0. The average Bonchev–Trinajstić information content (AvgIpc) is 3.77. The number of rotatable bonds is 6. The Morgan fingerprint density at radius 1 is 0.754 bits per heavy atom. The van der Waals surface area contributed by atoms with Crippen LogP contribution in [-0.4, -0.2) is 38.3 Å². The highest BCUT2D eigenvalue weighted by Crippen LogP contribution is 2.65. The lowest BCUT2D eigenvalue weighted by molar-refractivity contribution is 0.0757. The number of nitrogens with zero attached hydrogens (tertiary/aromatic N) is 1. The number of hydrogen-bond donors (Lipinski definition) is 0. The second-order valence-electron chi connectivity index (χ2n) is 18.4. The molecule has 2 fully saturated rings. The van der Waals surface area contributed by atoms with E-state index in [9.17, 15) is 0 Å². The smallest absolute Gasteiger partial charge is 0.178 e. The van der Waals surface area contributed by atoms with Crippen LogP contribution in [0.4, 0.5) is 5.69 Å². The Hall–Kier alpha value is -4.39. The molecule has 0 aromatic heterocycles. The van der Waals surface area contributed by atoms with Crippen LogP contribution in [0.25, 0.3) is 28.0 Å². The molecule has 3 heterocycles. The Kier molecular flexibility index (Phi) is 8.63. The molecule has 5 aromatic carbocycles. The van der Waals surface area contributed by atoms with Gasteiger partial charge in [-0.1, -0.05) is 108 Å². The quantitative estimate of drug-likeness (QED) is 0.171. The first-order chi connectivity index (χ1) is 27.5. The first kappa shape index (κ1) is 36.9. The molecule has 1 atom stereocenters. The molecule has 0 N–H and O–H groups in total. The lowest BCUT2D eigenvalue weighted by Crippen LogP contribution is -2.40. The fraction of sp³-hybridized carbons (Fsp3) is 0.412. The van der Waals surface area contributed by atoms with E-state index in [1.165, 1.54) is 56.6 Å². The molecule has 1 saturated heterocycles. The summed E-state index contributed by atoms with van der Waals surface area (Å²) in [5.74, 6) is 3.44. The van der Waals surface area contributed by atoms with Crippen LogP contribution in [0, 0.1) is 17.3 Å². The van der Waals surface area contributed by atoms with Crippen molar-refractivity contribution in [3.05, 3.63) is 119 Å². The molecule has 1 saturated carbocycles. The number of anilines is 1. The van der Waals surface area contributed by atoms with Crippen LogP contribution in [0.3, 0.4) is 0 Å². The molecular weight excluding hydrogens is 723 g/mol. The maximum absolute atomic E-state index is 7.86. The zero-order chi connectivity index (χ0) is 39.3. The van der Waals surface area contributed by atoms with E-state index in [1.54, 1.807) is 7.11 Å². The van der Waals surface area contributed by atoms with Gasteiger partial charge < -0.3 is 23.8 Å². The molecule has 2 aliphatic carbocycles. The van der Waals surface area contributed by atoms with E-state index in [2.05, 4.69) is 144 Å². The van der Waals surface area contributed by atoms with Crippen molar-refractivity contribution in [2.24, 2.45) is 17.3 Å². The highest BCUT2D eigenvalue weighted by molar-refractivity contribution is 8.01. The third-order valence-electron chi connectivity index (χ3n) is 14.1. The molecule has 5 aromatic rings. The van der Waals surface area contributed by atoms with Crippen molar-refractivity contribution in [1.29, 1.82) is 0 Å². The summed E-state index contributed by atoms with van der Waals surface area (Å²) in [6.07, 6.45) is 9.35. The van der Waals surface area contributed by atoms with Gasteiger partial charge in [-0.15, -0.1) is 0 Å². The molecule has 5 nitrogen and oxygen atoms in total. The van der Waals surface area contributed by atoms with Gasteiger partial charge in [0.15, 0.2) is 10.5 Å². The van der Waals surface area contributed by atoms with E-state index in [1.807, 2.05) is 11.8 Å². The highest BCUT2D eigenvalue weighted by Gasteiger charge is 2.52. The van der Waals surface area contributed by atoms with Gasteiger partial charge >= 0.3 is 0 Å². The van der Waals surface area contributed by atoms with Crippen molar-refractivity contribution in [3.63, 3.8) is 0 Å². The summed E-state index contributed by atoms with van der Waals surface area (Å²) < 4.78 is 26.3. The monoisotopic (exact) mass is 777 g/mol. The SMILES string of the molecule is COc1ccc(C2(c3ccc(N4CCOCC4)cc3)C=Cc3c4c(c5cc6c(cc5c3O2)SC(C(C)C)(C(C)C)O6)-c2ccccc2C42CCC(C)(C)CC2)cc1. The van der Waals surface area contributed by atoms with Crippen LogP contribution >= 0.6 is 11.8 Å². The fourth-order valence-electron chi connectivity index (χ4n) is 10.8. The van der Waals surface area contributed by atoms with Crippen molar-refractivity contribution in [1.82, 2.24) is 0 Å². The van der Waals surface area contributed by atoms with Gasteiger partial charge in [0.2, 0.25) is 0 Å². The van der Waals surface area contributed by atoms with Crippen molar-refractivity contribution < 1.29 is 18.9 Å². The first-order valence-electron chi connectivity index (χ1n) is 21.1. The number of hydrogen-bond acceptors (Lipinski definition) is 6. The summed E-state index contributed by atoms with van der Waals surface area (Å²) >= 11 is 1.89. The van der Waals surface area contributed by atoms with E-state index >= 15 is 0 Å². The Morgan fingerprint density at radius 2 is 1.42 bits per heavy atom. The van der Waals surface area contributed by atoms with E-state index in [4.69, 9.17) is 18.9 Å². The van der Waals surface area contributed by atoms with Crippen molar-refractivity contribution >= 4 is 34.3 Å². The van der Waals surface area contributed by atoms with Crippen molar-refractivity contribution in [2.75, 3.05) is 38.3 Å². The van der Waals surface area contributed by atoms with E-state index in [0.717, 1.165) is 72.9 Å². The molecule has 294 valence electrons. The lowest BCUT2D eigenvalue weighted by Gasteiger charge is -2.44. The maximum Gasteiger partial charge on any atom is 0.178 e. The van der Waals surface area contributed by atoms with Crippen LogP contribution in [0.1, 0.15) is 95.0 Å². The molecule has 6 heteroatoms. The van der Waals surface area contributed by atoms with Gasteiger partial charge in [-0.3, -0.25) is 0 Å². The minimum absolute atomic E-state index is 0.0957. The van der Waals surface area contributed by atoms with Crippen LogP contribution in [0.5, 0.6) is 17.2 Å². The molecule has 0 radical (unpaired) electrons. The zero-order valence-corrected chi connectivity index (χ0v) is 35.4. The van der Waals surface area contributed by atoms with Crippen LogP contribution in [0.15, 0.2) is 95.9 Å². The van der Waals surface area contributed by atoms with Crippen molar-refractivity contribution in [2.45, 2.75) is 88.1 Å². The van der Waals surface area contributed by atoms with Gasteiger partial charge in [0.25, 0.3) is 0 Å². The molecule has 1 spiro atoms. The Morgan fingerprint density at radius 3 is 2.09 bits per heavy atom. The lowest BCUT2D eigenvalue weighted by atomic mass is 9.60. The summed E-state index contributed by atoms with van der Waals surface area (Å²) in [6.45, 7) is 17.4. The van der Waals surface area contributed by atoms with Crippen LogP contribution < -0.4 is 19.1 Å². The normalized spacial score (nSPS) is 22.2. The number of ether oxygens (including phenoxy) is 4. The number of morpholine rings is 1. The van der Waals surface area contributed by atoms with Gasteiger partial charge in [-0.2, -0.15) is 0 Å². The van der Waals surface area contributed by atoms with Gasteiger partial charge in [0, 0.05) is 58.1 Å². The topological polar surface area (TPSA) is 40.2 Å². The van der Waals surface area contributed by atoms with Gasteiger partial charge in [-0.25, -0.2) is 0 Å². The average molecular weight is 778 g/mol. The van der Waals surface area contributed by atoms with Gasteiger partial charge in [0.05, 0.1) is 25.2 Å². The molecule has 3 aliphatic heterocycles. The Balaban J connectivity index is 1.23. The number of thioether (sulfide) groups is 1. The minimum Gasteiger partial charge on any atom is -0.497 e. The molecule has 10 rings (SSSR count). The predicted molar refractivity (Wildman–Crippen MR) is 234 cm³/mol. The Bertz CT molecular complexity index is 2390. The predicted octanol–water partition coefficient (Wildman–Crippen LogP) is 12.4. The van der Waals surface area contributed by atoms with Crippen LogP contribution in [0.2, 0.25) is 0 Å². The van der Waals surface area contributed by atoms with Gasteiger partial charge in [-0.05, 0) is 101 Å². The summed E-state index contributed by atoms with van der Waals surface area (Å²) in [5.41, 5.74) is 9.57. The standard InChI is InChI=1S/C51H55NO4S/c1-32(2)51(33(3)4)55-43-30-40-41(31-44(43)57-51)47-39(46-45(40)38-10-8-9-11-42(38)49(46)24-22-48(5,6)23-25-49)20-21-50(56-47,35-14-18-37(53-7)19-15-35)34-12-16-36(17-13-34)52-26-28-54-29-27-52/h8-21,30-33H,22-29H2,1-7H3. The van der Waals surface area contributed by atoms with Crippen LogP contribution in [-0.2, 0) is 15.8 Å². The zero-order valence-electron chi connectivity index (χ0n) is 34.5. The third kappa shape index (κ3) is 5.53. The maximum atomic E-state index is 7.86. The highest BCUT2D eigenvalue weighted by atomic mass is 32.2. The summed E-state index contributed by atoms with van der Waals surface area (Å²) in [6, 6.07) is 31.5. The second-order valence-corrected chi connectivity index (χ2v) is 19.7. The minimum atomic E-state index is -0.876. The largest absolute Gasteiger partial charge is 0.497 e. The van der Waals surface area contributed by atoms with Gasteiger partial charge in [0.1, 0.15) is 17.2 Å². The molecular formula is C51H55NO4S. The summed E-state index contributed by atoms with van der Waals surface area (Å²) in [4.78, 5) is 3.26. The number of fused-ring (bicyclic) bond motifs is 11. The van der Waals surface area contributed by atoms with E-state index in [-0.39, 0.29) is 10.3 Å². The van der Waals surface area contributed by atoms with E-state index in [0.29, 0.717) is 17.3 Å². The summed E-state index contributed by atoms with van der Waals surface area (Å²) in [5, 5.41) is 2.37. The van der Waals surface area contributed by atoms with Crippen molar-refractivity contribution in [3.8, 4) is 28.4 Å². The fourth-order valence-corrected chi connectivity index (χ4v) is 12.1. The Labute approximate surface area is 342 Å². The first-order valence-corrected chi connectivity index (χ1v) is 21.9. The molecule has 0 amide bonds. The summed E-state index contributed by atoms with van der Waals surface area (Å²) in [7, 11) is 1.72. The number of benzene rings is 5. The second kappa shape index (κ2) is 13.3. The molecule has 57 heavy (non-hydrogen) atoms. The molecule has 1 unspecified atom stereocenters.